The van der Waals surface area contributed by atoms with Crippen LogP contribution in [0.15, 0.2) is 71.5 Å². The summed E-state index contributed by atoms with van der Waals surface area (Å²) in [6.07, 6.45) is 11.2. The lowest BCUT2D eigenvalue weighted by molar-refractivity contribution is -0.116. The standard InChI is InChI=1S/C28H30ClN3OS/c1-20-17-23-9-5-6-10-25(23)32(20)27(33)19-34-28-30-18-26(22-11-13-24(29)14-12-22)31(28)16-15-21-7-3-2-4-8-21/h5-7,9-14,18,20H,2-4,8,15-17,19H2,1H3/t20-/m1/s1. The van der Waals surface area contributed by atoms with Crippen molar-refractivity contribution in [3.63, 3.8) is 0 Å². The zero-order chi connectivity index (χ0) is 23.5. The Morgan fingerprint density at radius 1 is 1.15 bits per heavy atom. The highest BCUT2D eigenvalue weighted by atomic mass is 35.5. The number of imidazole rings is 1. The number of anilines is 1. The Bertz CT molecular complexity index is 1200. The Kier molecular flexibility index (Phi) is 7.12. The third-order valence-electron chi connectivity index (χ3n) is 6.80. The predicted octanol–water partition coefficient (Wildman–Crippen LogP) is 7.16. The predicted molar refractivity (Wildman–Crippen MR) is 142 cm³/mol. The number of allylic oxidation sites excluding steroid dienone is 2. The van der Waals surface area contributed by atoms with Gasteiger partial charge in [0.15, 0.2) is 5.16 Å². The molecule has 2 heterocycles. The Balaban J connectivity index is 1.35. The van der Waals surface area contributed by atoms with Gasteiger partial charge in [-0.15, -0.1) is 0 Å². The normalized spacial score (nSPS) is 17.5. The molecule has 0 unspecified atom stereocenters. The molecule has 6 heteroatoms. The second-order valence-electron chi connectivity index (χ2n) is 9.18. The minimum Gasteiger partial charge on any atom is -0.319 e. The van der Waals surface area contributed by atoms with Crippen LogP contribution in [0.5, 0.6) is 0 Å². The summed E-state index contributed by atoms with van der Waals surface area (Å²) >= 11 is 7.66. The van der Waals surface area contributed by atoms with E-state index in [1.165, 1.54) is 48.6 Å². The average Bonchev–Trinajstić information content (AvgIpc) is 3.42. The Morgan fingerprint density at radius 2 is 1.97 bits per heavy atom. The number of amides is 1. The van der Waals surface area contributed by atoms with Gasteiger partial charge in [0.25, 0.3) is 0 Å². The van der Waals surface area contributed by atoms with Gasteiger partial charge in [-0.05, 0) is 74.8 Å². The Morgan fingerprint density at radius 3 is 2.76 bits per heavy atom. The van der Waals surface area contributed by atoms with Gasteiger partial charge in [0.1, 0.15) is 0 Å². The highest BCUT2D eigenvalue weighted by Crippen LogP contribution is 2.34. The molecule has 4 nitrogen and oxygen atoms in total. The van der Waals surface area contributed by atoms with E-state index in [0.717, 1.165) is 46.5 Å². The van der Waals surface area contributed by atoms with E-state index in [1.54, 1.807) is 0 Å². The Hall–Kier alpha value is -2.50. The van der Waals surface area contributed by atoms with Crippen molar-refractivity contribution in [2.24, 2.45) is 0 Å². The third kappa shape index (κ3) is 4.96. The van der Waals surface area contributed by atoms with E-state index in [9.17, 15) is 4.79 Å². The van der Waals surface area contributed by atoms with E-state index in [2.05, 4.69) is 29.7 Å². The molecule has 3 aromatic rings. The number of benzene rings is 2. The molecular weight excluding hydrogens is 462 g/mol. The number of fused-ring (bicyclic) bond motifs is 1. The minimum absolute atomic E-state index is 0.139. The number of thioether (sulfide) groups is 1. The lowest BCUT2D eigenvalue weighted by atomic mass is 9.97. The van der Waals surface area contributed by atoms with Crippen LogP contribution >= 0.6 is 23.4 Å². The van der Waals surface area contributed by atoms with Crippen LogP contribution in [0.4, 0.5) is 5.69 Å². The molecule has 0 fully saturated rings. The van der Waals surface area contributed by atoms with Crippen molar-refractivity contribution >= 4 is 35.0 Å². The largest absolute Gasteiger partial charge is 0.319 e. The summed E-state index contributed by atoms with van der Waals surface area (Å²) in [5.74, 6) is 0.512. The van der Waals surface area contributed by atoms with Crippen LogP contribution in [-0.4, -0.2) is 27.3 Å². The molecule has 1 aliphatic heterocycles. The van der Waals surface area contributed by atoms with Crippen molar-refractivity contribution in [2.75, 3.05) is 10.7 Å². The van der Waals surface area contributed by atoms with Gasteiger partial charge in [-0.25, -0.2) is 4.98 Å². The zero-order valence-electron chi connectivity index (χ0n) is 19.5. The van der Waals surface area contributed by atoms with E-state index in [4.69, 9.17) is 16.6 Å². The topological polar surface area (TPSA) is 38.1 Å². The van der Waals surface area contributed by atoms with E-state index < -0.39 is 0 Å². The number of rotatable bonds is 7. The maximum atomic E-state index is 13.3. The number of hydrogen-bond acceptors (Lipinski definition) is 3. The summed E-state index contributed by atoms with van der Waals surface area (Å²) in [6, 6.07) is 16.3. The quantitative estimate of drug-likeness (QED) is 0.260. The van der Waals surface area contributed by atoms with E-state index in [-0.39, 0.29) is 11.9 Å². The fraction of sp³-hybridized carbons (Fsp3) is 0.357. The van der Waals surface area contributed by atoms with Crippen LogP contribution in [-0.2, 0) is 17.8 Å². The second-order valence-corrected chi connectivity index (χ2v) is 10.6. The van der Waals surface area contributed by atoms with Crippen molar-refractivity contribution in [3.05, 3.63) is 77.0 Å². The van der Waals surface area contributed by atoms with Gasteiger partial charge >= 0.3 is 0 Å². The number of carbonyl (C=O) groups is 1. The first-order chi connectivity index (χ1) is 16.6. The SMILES string of the molecule is C[C@@H]1Cc2ccccc2N1C(=O)CSc1ncc(-c2ccc(Cl)cc2)n1CCC1=CCCCC1. The molecule has 1 amide bonds. The first-order valence-electron chi connectivity index (χ1n) is 12.1. The van der Waals surface area contributed by atoms with Gasteiger partial charge in [0.2, 0.25) is 5.91 Å². The van der Waals surface area contributed by atoms with E-state index in [0.29, 0.717) is 5.75 Å². The third-order valence-corrected chi connectivity index (χ3v) is 8.03. The summed E-state index contributed by atoms with van der Waals surface area (Å²) in [5.41, 5.74) is 6.00. The van der Waals surface area contributed by atoms with Crippen LogP contribution in [0.2, 0.25) is 5.02 Å². The van der Waals surface area contributed by atoms with Crippen molar-refractivity contribution in [3.8, 4) is 11.3 Å². The van der Waals surface area contributed by atoms with Crippen molar-refractivity contribution < 1.29 is 4.79 Å². The molecule has 0 saturated carbocycles. The van der Waals surface area contributed by atoms with Gasteiger partial charge in [-0.2, -0.15) is 0 Å². The average molecular weight is 492 g/mol. The van der Waals surface area contributed by atoms with Crippen molar-refractivity contribution in [1.82, 2.24) is 9.55 Å². The van der Waals surface area contributed by atoms with Crippen LogP contribution in [0.3, 0.4) is 0 Å². The lowest BCUT2D eigenvalue weighted by Gasteiger charge is -2.22. The number of nitrogens with zero attached hydrogens (tertiary/aromatic N) is 3. The second kappa shape index (κ2) is 10.4. The van der Waals surface area contributed by atoms with Crippen molar-refractivity contribution in [1.29, 1.82) is 0 Å². The molecule has 176 valence electrons. The van der Waals surface area contributed by atoms with Gasteiger partial charge in [-0.1, -0.05) is 65.3 Å². The molecule has 2 aliphatic rings. The van der Waals surface area contributed by atoms with Crippen LogP contribution < -0.4 is 4.90 Å². The highest BCUT2D eigenvalue weighted by molar-refractivity contribution is 7.99. The van der Waals surface area contributed by atoms with Gasteiger partial charge in [0, 0.05) is 23.3 Å². The molecule has 0 radical (unpaired) electrons. The van der Waals surface area contributed by atoms with E-state index >= 15 is 0 Å². The minimum atomic E-state index is 0.139. The maximum absolute atomic E-state index is 13.3. The smallest absolute Gasteiger partial charge is 0.237 e. The molecule has 1 atom stereocenters. The number of para-hydroxylation sites is 1. The number of halogens is 1. The summed E-state index contributed by atoms with van der Waals surface area (Å²) in [5, 5.41) is 1.62. The van der Waals surface area contributed by atoms with Crippen LogP contribution in [0, 0.1) is 0 Å². The monoisotopic (exact) mass is 491 g/mol. The maximum Gasteiger partial charge on any atom is 0.237 e. The fourth-order valence-corrected chi connectivity index (χ4v) is 6.06. The van der Waals surface area contributed by atoms with Crippen molar-refractivity contribution in [2.45, 2.75) is 63.2 Å². The van der Waals surface area contributed by atoms with Crippen LogP contribution in [0.25, 0.3) is 11.3 Å². The molecule has 34 heavy (non-hydrogen) atoms. The molecular formula is C28H30ClN3OS. The number of hydrogen-bond donors (Lipinski definition) is 0. The molecule has 1 aromatic heterocycles. The molecule has 1 aliphatic carbocycles. The number of carbonyl (C=O) groups excluding carboxylic acids is 1. The summed E-state index contributed by atoms with van der Waals surface area (Å²) in [4.78, 5) is 20.0. The highest BCUT2D eigenvalue weighted by Gasteiger charge is 2.30. The molecule has 0 bridgehead atoms. The molecule has 0 N–H and O–H groups in total. The summed E-state index contributed by atoms with van der Waals surface area (Å²) < 4.78 is 2.28. The van der Waals surface area contributed by atoms with Gasteiger partial charge in [-0.3, -0.25) is 4.79 Å². The van der Waals surface area contributed by atoms with Gasteiger partial charge in [0.05, 0.1) is 17.6 Å². The molecule has 2 aromatic carbocycles. The van der Waals surface area contributed by atoms with E-state index in [1.807, 2.05) is 47.5 Å². The molecule has 0 spiro atoms. The molecule has 0 saturated heterocycles. The Labute approximate surface area is 211 Å². The van der Waals surface area contributed by atoms with Gasteiger partial charge < -0.3 is 9.47 Å². The first-order valence-corrected chi connectivity index (χ1v) is 13.5. The zero-order valence-corrected chi connectivity index (χ0v) is 21.1. The fourth-order valence-electron chi connectivity index (χ4n) is 5.07. The first kappa shape index (κ1) is 23.3. The molecule has 5 rings (SSSR count). The summed E-state index contributed by atoms with van der Waals surface area (Å²) in [6.45, 7) is 2.99. The lowest BCUT2D eigenvalue weighted by Crippen LogP contribution is -2.37. The van der Waals surface area contributed by atoms with Crippen LogP contribution in [0.1, 0.15) is 44.6 Å². The summed E-state index contributed by atoms with van der Waals surface area (Å²) in [7, 11) is 0. The number of aromatic nitrogens is 2.